The molecule has 0 heterocycles. The summed E-state index contributed by atoms with van der Waals surface area (Å²) in [6, 6.07) is 11.2. The molecule has 0 saturated heterocycles. The van der Waals surface area contributed by atoms with Crippen LogP contribution >= 0.6 is 0 Å². The highest BCUT2D eigenvalue weighted by molar-refractivity contribution is 6.86. The summed E-state index contributed by atoms with van der Waals surface area (Å²) in [4.78, 5) is 10.5. The van der Waals surface area contributed by atoms with Gasteiger partial charge in [0.05, 0.1) is 0 Å². The molecule has 14 heavy (non-hydrogen) atoms. The number of benzene rings is 1. The molecular formula is C12H16OSi. The maximum atomic E-state index is 10.5. The van der Waals surface area contributed by atoms with E-state index in [2.05, 4.69) is 13.2 Å². The molecule has 0 aliphatic rings. The molecule has 1 rings (SSSR count). The van der Waals surface area contributed by atoms with Gasteiger partial charge in [0, 0.05) is 0 Å². The van der Waals surface area contributed by atoms with Gasteiger partial charge in [-0.1, -0.05) is 42.5 Å². The minimum Gasteiger partial charge on any atom is -0.427 e. The highest BCUT2D eigenvalue weighted by Crippen LogP contribution is 2.13. The van der Waals surface area contributed by atoms with E-state index in [1.165, 1.54) is 0 Å². The Labute approximate surface area is 86.5 Å². The second-order valence-electron chi connectivity index (χ2n) is 3.38. The lowest BCUT2D eigenvalue weighted by atomic mass is 10.4. The fraction of sp³-hybridized carbons (Fsp3) is 0.167. The monoisotopic (exact) mass is 204 g/mol. The average molecular weight is 204 g/mol. The van der Waals surface area contributed by atoms with Crippen molar-refractivity contribution in [2.75, 3.05) is 0 Å². The van der Waals surface area contributed by atoms with Gasteiger partial charge >= 0.3 is 0 Å². The zero-order chi connectivity index (χ0) is 10.4. The molecule has 74 valence electrons. The van der Waals surface area contributed by atoms with Gasteiger partial charge < -0.3 is 4.80 Å². The van der Waals surface area contributed by atoms with Crippen LogP contribution in [0.3, 0.4) is 0 Å². The van der Waals surface area contributed by atoms with Gasteiger partial charge in [0.25, 0.3) is 0 Å². The third-order valence-electron chi connectivity index (χ3n) is 2.28. The molecule has 0 aliphatic carbocycles. The van der Waals surface area contributed by atoms with Gasteiger partial charge in [0.1, 0.15) is 0 Å². The summed E-state index contributed by atoms with van der Waals surface area (Å²) >= 11 is 0. The fourth-order valence-corrected chi connectivity index (χ4v) is 3.95. The zero-order valence-corrected chi connectivity index (χ0v) is 9.32. The largest absolute Gasteiger partial charge is 0.427 e. The third-order valence-corrected chi connectivity index (χ3v) is 5.61. The van der Waals surface area contributed by atoms with Gasteiger partial charge in [-0.05, 0) is 17.3 Å². The van der Waals surface area contributed by atoms with Gasteiger partial charge in [0.15, 0.2) is 0 Å². The van der Waals surface area contributed by atoms with Crippen LogP contribution in [0.15, 0.2) is 55.6 Å². The molecule has 0 atom stereocenters. The lowest BCUT2D eigenvalue weighted by Crippen LogP contribution is -2.46. The highest BCUT2D eigenvalue weighted by atomic mass is 28.4. The first kappa shape index (κ1) is 11.0. The van der Waals surface area contributed by atoms with Gasteiger partial charge in [-0.2, -0.15) is 0 Å². The van der Waals surface area contributed by atoms with E-state index in [1.54, 1.807) is 12.2 Å². The van der Waals surface area contributed by atoms with Crippen LogP contribution < -0.4 is 5.19 Å². The molecule has 1 N–H and O–H groups in total. The van der Waals surface area contributed by atoms with Crippen molar-refractivity contribution in [1.82, 2.24) is 0 Å². The summed E-state index contributed by atoms with van der Waals surface area (Å²) in [5, 5.41) is 1.06. The molecule has 0 bridgehead atoms. The highest BCUT2D eigenvalue weighted by Gasteiger charge is 2.29. The Morgan fingerprint density at radius 3 is 2.00 bits per heavy atom. The van der Waals surface area contributed by atoms with Crippen LogP contribution in [0, 0.1) is 0 Å². The van der Waals surface area contributed by atoms with Crippen LogP contribution in [0.1, 0.15) is 0 Å². The second kappa shape index (κ2) is 4.93. The summed E-state index contributed by atoms with van der Waals surface area (Å²) in [7, 11) is -2.36. The van der Waals surface area contributed by atoms with E-state index in [9.17, 15) is 4.80 Å². The Bertz CT molecular complexity index is 295. The summed E-state index contributed by atoms with van der Waals surface area (Å²) in [5.74, 6) is 0. The topological polar surface area (TPSA) is 20.2 Å². The smallest absolute Gasteiger partial charge is 0.227 e. The van der Waals surface area contributed by atoms with Crippen molar-refractivity contribution in [2.45, 2.75) is 12.1 Å². The van der Waals surface area contributed by atoms with E-state index < -0.39 is 8.32 Å². The molecule has 0 saturated carbocycles. The van der Waals surface area contributed by atoms with Crippen LogP contribution in [0.5, 0.6) is 0 Å². The molecule has 0 radical (unpaired) electrons. The standard InChI is InChI=1S/C12H16OSi/c1-3-10-14(13,11-4-2)12-8-6-5-7-9-12/h3-9,13H,1-2,10-11H2. The van der Waals surface area contributed by atoms with Crippen molar-refractivity contribution in [3.63, 3.8) is 0 Å². The minimum absolute atomic E-state index is 0.684. The summed E-state index contributed by atoms with van der Waals surface area (Å²) in [6.07, 6.45) is 3.59. The second-order valence-corrected chi connectivity index (χ2v) is 6.84. The van der Waals surface area contributed by atoms with Crippen molar-refractivity contribution in [1.29, 1.82) is 0 Å². The van der Waals surface area contributed by atoms with Crippen LogP contribution in [0.2, 0.25) is 12.1 Å². The normalized spacial score (nSPS) is 10.9. The molecule has 0 fully saturated rings. The lowest BCUT2D eigenvalue weighted by Gasteiger charge is -2.22. The maximum Gasteiger partial charge on any atom is 0.227 e. The molecule has 0 aromatic heterocycles. The first-order valence-corrected chi connectivity index (χ1v) is 7.09. The van der Waals surface area contributed by atoms with Crippen molar-refractivity contribution in [2.24, 2.45) is 0 Å². The van der Waals surface area contributed by atoms with Crippen LogP contribution in [-0.2, 0) is 0 Å². The molecule has 0 unspecified atom stereocenters. The maximum absolute atomic E-state index is 10.5. The van der Waals surface area contributed by atoms with Gasteiger partial charge in [-0.3, -0.25) is 0 Å². The number of rotatable bonds is 5. The predicted molar refractivity (Wildman–Crippen MR) is 64.1 cm³/mol. The predicted octanol–water partition coefficient (Wildman–Crippen LogP) is 2.20. The first-order chi connectivity index (χ1) is 6.73. The van der Waals surface area contributed by atoms with E-state index in [4.69, 9.17) is 0 Å². The zero-order valence-electron chi connectivity index (χ0n) is 8.32. The minimum atomic E-state index is -2.36. The Hall–Kier alpha value is -1.12. The SMILES string of the molecule is C=CC[Si](O)(CC=C)c1ccccc1. The summed E-state index contributed by atoms with van der Waals surface area (Å²) in [5.41, 5.74) is 0. The van der Waals surface area contributed by atoms with Crippen LogP contribution in [0.25, 0.3) is 0 Å². The van der Waals surface area contributed by atoms with Crippen molar-refractivity contribution >= 4 is 13.5 Å². The fourth-order valence-electron chi connectivity index (χ4n) is 1.54. The Morgan fingerprint density at radius 2 is 1.57 bits per heavy atom. The molecule has 1 nitrogen and oxygen atoms in total. The third kappa shape index (κ3) is 2.43. The van der Waals surface area contributed by atoms with E-state index in [0.717, 1.165) is 5.19 Å². The van der Waals surface area contributed by atoms with Crippen molar-refractivity contribution in [3.8, 4) is 0 Å². The summed E-state index contributed by atoms with van der Waals surface area (Å²) < 4.78 is 0. The van der Waals surface area contributed by atoms with Gasteiger partial charge in [-0.25, -0.2) is 0 Å². The molecular weight excluding hydrogens is 188 g/mol. The first-order valence-electron chi connectivity index (χ1n) is 4.72. The molecule has 0 aliphatic heterocycles. The van der Waals surface area contributed by atoms with Crippen LogP contribution in [0.4, 0.5) is 0 Å². The Balaban J connectivity index is 2.98. The molecule has 0 spiro atoms. The van der Waals surface area contributed by atoms with Crippen molar-refractivity contribution in [3.05, 3.63) is 55.6 Å². The number of allylic oxidation sites excluding steroid dienone is 2. The summed E-state index contributed by atoms with van der Waals surface area (Å²) in [6.45, 7) is 7.39. The van der Waals surface area contributed by atoms with E-state index >= 15 is 0 Å². The van der Waals surface area contributed by atoms with Crippen LogP contribution in [-0.4, -0.2) is 13.1 Å². The van der Waals surface area contributed by atoms with Gasteiger partial charge in [-0.15, -0.1) is 13.2 Å². The Morgan fingerprint density at radius 1 is 1.07 bits per heavy atom. The quantitative estimate of drug-likeness (QED) is 0.576. The lowest BCUT2D eigenvalue weighted by molar-refractivity contribution is 0.557. The van der Waals surface area contributed by atoms with E-state index in [-0.39, 0.29) is 0 Å². The molecule has 1 aromatic carbocycles. The van der Waals surface area contributed by atoms with Gasteiger partial charge in [0.2, 0.25) is 8.32 Å². The number of hydrogen-bond donors (Lipinski definition) is 1. The number of hydrogen-bond acceptors (Lipinski definition) is 1. The van der Waals surface area contributed by atoms with Crippen molar-refractivity contribution < 1.29 is 4.80 Å². The molecule has 1 aromatic rings. The van der Waals surface area contributed by atoms with E-state index in [0.29, 0.717) is 12.1 Å². The Kier molecular flexibility index (Phi) is 3.86. The van der Waals surface area contributed by atoms with E-state index in [1.807, 2.05) is 30.3 Å². The average Bonchev–Trinajstić information content (AvgIpc) is 2.20. The molecule has 0 amide bonds. The molecule has 2 heteroatoms.